The summed E-state index contributed by atoms with van der Waals surface area (Å²) in [5.41, 5.74) is 5.80. The number of piperidine rings is 1. The van der Waals surface area contributed by atoms with E-state index < -0.39 is 0 Å². The van der Waals surface area contributed by atoms with Crippen LogP contribution in [0.5, 0.6) is 0 Å². The fourth-order valence-corrected chi connectivity index (χ4v) is 1.45. The van der Waals surface area contributed by atoms with Gasteiger partial charge in [0.25, 0.3) is 0 Å². The van der Waals surface area contributed by atoms with Crippen LogP contribution >= 0.6 is 12.4 Å². The lowest BCUT2D eigenvalue weighted by Gasteiger charge is -2.34. The summed E-state index contributed by atoms with van der Waals surface area (Å²) in [5, 5.41) is 0. The second-order valence-corrected chi connectivity index (χ2v) is 3.39. The number of carbonyl (C=O) groups is 1. The fourth-order valence-electron chi connectivity index (χ4n) is 1.45. The molecule has 0 saturated carbocycles. The normalized spacial score (nSPS) is 29.4. The number of halogens is 1. The molecular weight excluding hydrogens is 176 g/mol. The molecule has 1 amide bonds. The van der Waals surface area contributed by atoms with Crippen molar-refractivity contribution in [2.24, 2.45) is 11.7 Å². The molecule has 2 unspecified atom stereocenters. The van der Waals surface area contributed by atoms with Crippen molar-refractivity contribution in [1.29, 1.82) is 0 Å². The van der Waals surface area contributed by atoms with Gasteiger partial charge in [-0.25, -0.2) is 0 Å². The van der Waals surface area contributed by atoms with Gasteiger partial charge in [0.15, 0.2) is 0 Å². The topological polar surface area (TPSA) is 46.3 Å². The molecular formula is C8H17ClN2O. The summed E-state index contributed by atoms with van der Waals surface area (Å²) in [6.45, 7) is 5.38. The summed E-state index contributed by atoms with van der Waals surface area (Å²) in [5.74, 6) is 0.622. The first-order chi connectivity index (χ1) is 5.11. The van der Waals surface area contributed by atoms with Crippen LogP contribution in [-0.2, 0) is 4.79 Å². The quantitative estimate of drug-likeness (QED) is 0.612. The molecule has 0 radical (unpaired) electrons. The second kappa shape index (κ2) is 4.67. The Morgan fingerprint density at radius 2 is 2.17 bits per heavy atom. The first-order valence-electron chi connectivity index (χ1n) is 4.12. The molecule has 1 fully saturated rings. The van der Waals surface area contributed by atoms with E-state index in [1.165, 1.54) is 0 Å². The summed E-state index contributed by atoms with van der Waals surface area (Å²) in [6, 6.07) is 0.283. The molecule has 1 heterocycles. The molecule has 0 aromatic rings. The van der Waals surface area contributed by atoms with Crippen molar-refractivity contribution in [3.63, 3.8) is 0 Å². The van der Waals surface area contributed by atoms with Crippen LogP contribution in [0.2, 0.25) is 0 Å². The lowest BCUT2D eigenvalue weighted by molar-refractivity contribution is -0.130. The van der Waals surface area contributed by atoms with Crippen molar-refractivity contribution in [3.05, 3.63) is 0 Å². The molecule has 0 bridgehead atoms. The van der Waals surface area contributed by atoms with Crippen LogP contribution in [0, 0.1) is 5.92 Å². The van der Waals surface area contributed by atoms with Gasteiger partial charge >= 0.3 is 0 Å². The largest absolute Gasteiger partial charge is 0.343 e. The molecule has 1 rings (SSSR count). The third-order valence-corrected chi connectivity index (χ3v) is 2.42. The number of hydrogen-bond acceptors (Lipinski definition) is 2. The highest BCUT2D eigenvalue weighted by atomic mass is 35.5. The molecule has 72 valence electrons. The van der Waals surface area contributed by atoms with Gasteiger partial charge in [-0.1, -0.05) is 6.92 Å². The number of nitrogens with zero attached hydrogens (tertiary/aromatic N) is 1. The zero-order chi connectivity index (χ0) is 8.43. The predicted molar refractivity (Wildman–Crippen MR) is 51.3 cm³/mol. The van der Waals surface area contributed by atoms with Gasteiger partial charge in [-0.3, -0.25) is 4.79 Å². The monoisotopic (exact) mass is 192 g/mol. The van der Waals surface area contributed by atoms with E-state index in [0.29, 0.717) is 5.92 Å². The average molecular weight is 193 g/mol. The van der Waals surface area contributed by atoms with Crippen LogP contribution in [0.4, 0.5) is 0 Å². The standard InChI is InChI=1S/C8H16N2O.ClH/c1-6-5-10(7(2)11)4-3-8(6)9;/h6,8H,3-5,9H2,1-2H3;1H. The molecule has 3 nitrogen and oxygen atoms in total. The van der Waals surface area contributed by atoms with Crippen LogP contribution in [0.25, 0.3) is 0 Å². The summed E-state index contributed by atoms with van der Waals surface area (Å²) in [7, 11) is 0. The number of nitrogens with two attached hydrogens (primary N) is 1. The van der Waals surface area contributed by atoms with Crippen LogP contribution in [-0.4, -0.2) is 29.9 Å². The van der Waals surface area contributed by atoms with Crippen LogP contribution in [0.15, 0.2) is 0 Å². The Morgan fingerprint density at radius 1 is 1.58 bits per heavy atom. The zero-order valence-corrected chi connectivity index (χ0v) is 8.43. The van der Waals surface area contributed by atoms with E-state index in [0.717, 1.165) is 19.5 Å². The first kappa shape index (κ1) is 11.7. The molecule has 0 aromatic heterocycles. The highest BCUT2D eigenvalue weighted by molar-refractivity contribution is 5.85. The van der Waals surface area contributed by atoms with Crippen molar-refractivity contribution in [2.75, 3.05) is 13.1 Å². The molecule has 2 N–H and O–H groups in total. The molecule has 1 aliphatic heterocycles. The van der Waals surface area contributed by atoms with Gasteiger partial charge in [-0.05, 0) is 12.3 Å². The van der Waals surface area contributed by atoms with Crippen molar-refractivity contribution in [3.8, 4) is 0 Å². The minimum atomic E-state index is 0. The molecule has 1 aliphatic rings. The molecule has 12 heavy (non-hydrogen) atoms. The van der Waals surface area contributed by atoms with Crippen molar-refractivity contribution >= 4 is 18.3 Å². The van der Waals surface area contributed by atoms with Crippen molar-refractivity contribution in [1.82, 2.24) is 4.90 Å². The fraction of sp³-hybridized carbons (Fsp3) is 0.875. The third-order valence-electron chi connectivity index (χ3n) is 2.42. The molecule has 0 aliphatic carbocycles. The van der Waals surface area contributed by atoms with Crippen LogP contribution < -0.4 is 5.73 Å². The first-order valence-corrected chi connectivity index (χ1v) is 4.12. The maximum Gasteiger partial charge on any atom is 0.219 e. The summed E-state index contributed by atoms with van der Waals surface area (Å²) in [6.07, 6.45) is 0.945. The summed E-state index contributed by atoms with van der Waals surface area (Å²) in [4.78, 5) is 12.8. The van der Waals surface area contributed by atoms with E-state index in [9.17, 15) is 4.79 Å². The Balaban J connectivity index is 0.00000121. The van der Waals surface area contributed by atoms with Gasteiger partial charge in [0.1, 0.15) is 0 Å². The Kier molecular flexibility index (Phi) is 4.57. The third kappa shape index (κ3) is 2.64. The van der Waals surface area contributed by atoms with E-state index in [4.69, 9.17) is 5.73 Å². The van der Waals surface area contributed by atoms with Gasteiger partial charge in [-0.2, -0.15) is 0 Å². The minimum absolute atomic E-state index is 0. The molecule has 2 atom stereocenters. The van der Waals surface area contributed by atoms with E-state index in [2.05, 4.69) is 6.92 Å². The minimum Gasteiger partial charge on any atom is -0.343 e. The summed E-state index contributed by atoms with van der Waals surface area (Å²) >= 11 is 0. The van der Waals surface area contributed by atoms with E-state index >= 15 is 0 Å². The highest BCUT2D eigenvalue weighted by Gasteiger charge is 2.23. The molecule has 0 aromatic carbocycles. The van der Waals surface area contributed by atoms with Gasteiger partial charge in [0.2, 0.25) is 5.91 Å². The van der Waals surface area contributed by atoms with Gasteiger partial charge in [-0.15, -0.1) is 12.4 Å². The Hall–Kier alpha value is -0.280. The smallest absolute Gasteiger partial charge is 0.219 e. The SMILES string of the molecule is CC(=O)N1CCC(N)C(C)C1.Cl. The Labute approximate surface area is 79.7 Å². The number of amides is 1. The number of likely N-dealkylation sites (tertiary alicyclic amines) is 1. The van der Waals surface area contributed by atoms with E-state index in [1.54, 1.807) is 6.92 Å². The molecule has 4 heteroatoms. The maximum absolute atomic E-state index is 10.9. The van der Waals surface area contributed by atoms with Crippen molar-refractivity contribution < 1.29 is 4.79 Å². The van der Waals surface area contributed by atoms with Gasteiger partial charge in [0, 0.05) is 26.1 Å². The number of carbonyl (C=O) groups excluding carboxylic acids is 1. The van der Waals surface area contributed by atoms with Gasteiger partial charge < -0.3 is 10.6 Å². The number of rotatable bonds is 0. The number of hydrogen-bond donors (Lipinski definition) is 1. The van der Waals surface area contributed by atoms with Crippen LogP contribution in [0.1, 0.15) is 20.3 Å². The Bertz CT molecular complexity index is 163. The van der Waals surface area contributed by atoms with Crippen molar-refractivity contribution in [2.45, 2.75) is 26.3 Å². The molecule has 0 spiro atoms. The lowest BCUT2D eigenvalue weighted by atomic mass is 9.95. The van der Waals surface area contributed by atoms with Gasteiger partial charge in [0.05, 0.1) is 0 Å². The Morgan fingerprint density at radius 3 is 2.58 bits per heavy atom. The van der Waals surface area contributed by atoms with Crippen LogP contribution in [0.3, 0.4) is 0 Å². The maximum atomic E-state index is 10.9. The van der Waals surface area contributed by atoms with E-state index in [1.807, 2.05) is 4.90 Å². The predicted octanol–water partition coefficient (Wildman–Crippen LogP) is 0.624. The lowest BCUT2D eigenvalue weighted by Crippen LogP contribution is -2.47. The average Bonchev–Trinajstić information content (AvgIpc) is 1.94. The second-order valence-electron chi connectivity index (χ2n) is 3.39. The zero-order valence-electron chi connectivity index (χ0n) is 7.62. The summed E-state index contributed by atoms with van der Waals surface area (Å²) < 4.78 is 0. The highest BCUT2D eigenvalue weighted by Crippen LogP contribution is 2.14. The van der Waals surface area contributed by atoms with E-state index in [-0.39, 0.29) is 24.4 Å². The molecule has 1 saturated heterocycles.